The minimum absolute atomic E-state index is 0.275. The molecule has 1 aromatic carbocycles. The lowest BCUT2D eigenvalue weighted by Gasteiger charge is -2.21. The molecule has 0 saturated heterocycles. The molecule has 2 aromatic heterocycles. The minimum Gasteiger partial charge on any atom is -0.373 e. The molecule has 0 unspecified atom stereocenters. The maximum atomic E-state index is 13.1. The molecule has 0 atom stereocenters. The van der Waals surface area contributed by atoms with Gasteiger partial charge in [0.1, 0.15) is 0 Å². The van der Waals surface area contributed by atoms with Crippen molar-refractivity contribution in [2.75, 3.05) is 43.9 Å². The van der Waals surface area contributed by atoms with E-state index < -0.39 is 0 Å². The standard InChI is InChI=1S/C26H31N7O/c1-18-11-19(14-27-2)17-32(3)9-5-6-10-33(4)22-13-21(15-28-16-22)29-26(34)25-23-12-20(18)7-8-24(23)30-31-25/h7-8,11-16H,2,5-6,9-10,17H2,1,3-4H3,(H,29,34)(H,30,31)/b18-11+,19-14+. The number of H-pyrrole nitrogens is 1. The van der Waals surface area contributed by atoms with Crippen LogP contribution in [0.5, 0.6) is 0 Å². The highest BCUT2D eigenvalue weighted by Gasteiger charge is 2.16. The first-order valence-corrected chi connectivity index (χ1v) is 11.4. The number of aliphatic imine (C=N–C) groups is 1. The minimum atomic E-state index is -0.275. The average molecular weight is 458 g/mol. The quantitative estimate of drug-likeness (QED) is 0.530. The summed E-state index contributed by atoms with van der Waals surface area (Å²) in [6, 6.07) is 7.92. The number of rotatable bonds is 1. The molecule has 4 bridgehead atoms. The zero-order valence-corrected chi connectivity index (χ0v) is 20.0. The zero-order valence-electron chi connectivity index (χ0n) is 20.0. The fourth-order valence-electron chi connectivity index (χ4n) is 4.18. The topological polar surface area (TPSA) is 89.5 Å². The molecule has 176 valence electrons. The fourth-order valence-corrected chi connectivity index (χ4v) is 4.18. The van der Waals surface area contributed by atoms with Gasteiger partial charge < -0.3 is 15.1 Å². The van der Waals surface area contributed by atoms with Crippen molar-refractivity contribution in [2.45, 2.75) is 19.8 Å². The molecule has 0 radical (unpaired) electrons. The summed E-state index contributed by atoms with van der Waals surface area (Å²) in [6.45, 7) is 8.36. The number of carbonyl (C=O) groups is 1. The van der Waals surface area contributed by atoms with Crippen molar-refractivity contribution in [3.8, 4) is 0 Å². The van der Waals surface area contributed by atoms with Crippen LogP contribution in [0, 0.1) is 0 Å². The van der Waals surface area contributed by atoms with Crippen molar-refractivity contribution in [3.63, 3.8) is 0 Å². The molecule has 0 saturated carbocycles. The predicted octanol–water partition coefficient (Wildman–Crippen LogP) is 4.36. The fraction of sp³-hybridized carbons (Fsp3) is 0.308. The molecule has 34 heavy (non-hydrogen) atoms. The van der Waals surface area contributed by atoms with E-state index in [0.717, 1.165) is 65.8 Å². The van der Waals surface area contributed by atoms with Crippen LogP contribution in [0.1, 0.15) is 35.8 Å². The number of benzene rings is 1. The monoisotopic (exact) mass is 457 g/mol. The van der Waals surface area contributed by atoms with Crippen LogP contribution in [-0.2, 0) is 0 Å². The zero-order chi connectivity index (χ0) is 24.1. The van der Waals surface area contributed by atoms with Gasteiger partial charge in [-0.2, -0.15) is 5.10 Å². The molecule has 0 spiro atoms. The van der Waals surface area contributed by atoms with Crippen molar-refractivity contribution >= 4 is 40.5 Å². The largest absolute Gasteiger partial charge is 0.373 e. The smallest absolute Gasteiger partial charge is 0.276 e. The average Bonchev–Trinajstić information content (AvgIpc) is 3.25. The number of aromatic nitrogens is 3. The Labute approximate surface area is 200 Å². The number of amides is 1. The summed E-state index contributed by atoms with van der Waals surface area (Å²) in [6.07, 6.45) is 9.52. The van der Waals surface area contributed by atoms with Crippen molar-refractivity contribution in [1.82, 2.24) is 20.1 Å². The number of hydrogen-bond acceptors (Lipinski definition) is 6. The summed E-state index contributed by atoms with van der Waals surface area (Å²) in [5.41, 5.74) is 5.94. The first-order chi connectivity index (χ1) is 16.4. The number of aromatic amines is 1. The number of carbonyl (C=O) groups excluding carboxylic acids is 1. The lowest BCUT2D eigenvalue weighted by atomic mass is 10.0. The van der Waals surface area contributed by atoms with Crippen LogP contribution in [-0.4, -0.2) is 66.4 Å². The molecule has 3 heterocycles. The second-order valence-electron chi connectivity index (χ2n) is 8.80. The van der Waals surface area contributed by atoms with Gasteiger partial charge in [-0.15, -0.1) is 0 Å². The Kier molecular flexibility index (Phi) is 7.18. The lowest BCUT2D eigenvalue weighted by molar-refractivity contribution is 0.102. The highest BCUT2D eigenvalue weighted by Crippen LogP contribution is 2.25. The Bertz CT molecular complexity index is 1260. The number of nitrogens with zero attached hydrogens (tertiary/aromatic N) is 5. The second kappa shape index (κ2) is 10.4. The van der Waals surface area contributed by atoms with Gasteiger partial charge in [0.2, 0.25) is 0 Å². The van der Waals surface area contributed by atoms with E-state index in [-0.39, 0.29) is 5.91 Å². The molecular weight excluding hydrogens is 426 g/mol. The number of likely N-dealkylation sites (N-methyl/N-ethyl adjacent to an activating group) is 1. The summed E-state index contributed by atoms with van der Waals surface area (Å²) < 4.78 is 0. The second-order valence-corrected chi connectivity index (χ2v) is 8.80. The summed E-state index contributed by atoms with van der Waals surface area (Å²) >= 11 is 0. The highest BCUT2D eigenvalue weighted by molar-refractivity contribution is 6.11. The summed E-state index contributed by atoms with van der Waals surface area (Å²) in [4.78, 5) is 25.9. The number of anilines is 2. The highest BCUT2D eigenvalue weighted by atomic mass is 16.1. The maximum Gasteiger partial charge on any atom is 0.276 e. The molecule has 2 N–H and O–H groups in total. The Morgan fingerprint density at radius 3 is 2.79 bits per heavy atom. The Morgan fingerprint density at radius 2 is 1.97 bits per heavy atom. The van der Waals surface area contributed by atoms with E-state index in [9.17, 15) is 4.79 Å². The van der Waals surface area contributed by atoms with E-state index in [0.29, 0.717) is 11.4 Å². The molecule has 0 aliphatic carbocycles. The van der Waals surface area contributed by atoms with Gasteiger partial charge >= 0.3 is 0 Å². The third-order valence-corrected chi connectivity index (χ3v) is 6.05. The molecule has 3 aromatic rings. The Balaban J connectivity index is 1.74. The van der Waals surface area contributed by atoms with Gasteiger partial charge in [0, 0.05) is 31.7 Å². The van der Waals surface area contributed by atoms with Crippen molar-refractivity contribution in [3.05, 3.63) is 65.8 Å². The third-order valence-electron chi connectivity index (χ3n) is 6.05. The molecule has 4 rings (SSSR count). The van der Waals surface area contributed by atoms with Crippen LogP contribution in [0.4, 0.5) is 11.4 Å². The van der Waals surface area contributed by atoms with Gasteiger partial charge in [-0.25, -0.2) is 0 Å². The normalized spacial score (nSPS) is 19.3. The SMILES string of the molecule is C=N/C=C1\C=C(/C)c2ccc3[nH]nc(c3c2)C(=O)Nc2cncc(c2)N(C)CCCCN(C)C1. The van der Waals surface area contributed by atoms with Gasteiger partial charge in [0.15, 0.2) is 5.69 Å². The van der Waals surface area contributed by atoms with Crippen LogP contribution >= 0.6 is 0 Å². The summed E-state index contributed by atoms with van der Waals surface area (Å²) in [7, 11) is 4.17. The number of hydrogen-bond donors (Lipinski definition) is 2. The van der Waals surface area contributed by atoms with Crippen molar-refractivity contribution in [2.24, 2.45) is 4.99 Å². The number of fused-ring (bicyclic) bond motifs is 3. The number of allylic oxidation sites excluding steroid dienone is 1. The van der Waals surface area contributed by atoms with E-state index in [2.05, 4.69) is 62.1 Å². The first-order valence-electron chi connectivity index (χ1n) is 11.4. The first kappa shape index (κ1) is 23.4. The third kappa shape index (κ3) is 5.40. The van der Waals surface area contributed by atoms with Gasteiger partial charge in [-0.05, 0) is 75.0 Å². The number of pyridine rings is 1. The van der Waals surface area contributed by atoms with E-state index in [1.165, 1.54) is 0 Å². The van der Waals surface area contributed by atoms with E-state index >= 15 is 0 Å². The van der Waals surface area contributed by atoms with Crippen molar-refractivity contribution in [1.29, 1.82) is 0 Å². The maximum absolute atomic E-state index is 13.1. The van der Waals surface area contributed by atoms with Gasteiger partial charge in [0.05, 0.1) is 29.3 Å². The Hall–Kier alpha value is -3.78. The van der Waals surface area contributed by atoms with Crippen molar-refractivity contribution < 1.29 is 4.79 Å². The predicted molar refractivity (Wildman–Crippen MR) is 140 cm³/mol. The van der Waals surface area contributed by atoms with E-state index in [1.54, 1.807) is 6.20 Å². The van der Waals surface area contributed by atoms with Gasteiger partial charge in [-0.1, -0.05) is 12.1 Å². The molecular formula is C26H31N7O. The molecule has 1 aliphatic rings. The molecule has 1 aliphatic heterocycles. The van der Waals surface area contributed by atoms with Gasteiger partial charge in [0.25, 0.3) is 5.91 Å². The molecule has 8 heteroatoms. The van der Waals surface area contributed by atoms with Crippen LogP contribution in [0.15, 0.2) is 59.5 Å². The van der Waals surface area contributed by atoms with Crippen LogP contribution in [0.3, 0.4) is 0 Å². The van der Waals surface area contributed by atoms with Crippen LogP contribution in [0.2, 0.25) is 0 Å². The lowest BCUT2D eigenvalue weighted by Crippen LogP contribution is -2.24. The Morgan fingerprint density at radius 1 is 1.15 bits per heavy atom. The van der Waals surface area contributed by atoms with Gasteiger partial charge in [-0.3, -0.25) is 19.9 Å². The van der Waals surface area contributed by atoms with E-state index in [4.69, 9.17) is 0 Å². The van der Waals surface area contributed by atoms with Crippen LogP contribution in [0.25, 0.3) is 16.5 Å². The summed E-state index contributed by atoms with van der Waals surface area (Å²) in [5, 5.41) is 11.0. The van der Waals surface area contributed by atoms with E-state index in [1.807, 2.05) is 43.7 Å². The number of nitrogens with one attached hydrogen (secondary N) is 2. The molecule has 1 amide bonds. The summed E-state index contributed by atoms with van der Waals surface area (Å²) in [5.74, 6) is -0.275. The molecule has 8 nitrogen and oxygen atoms in total. The molecule has 0 fully saturated rings. The van der Waals surface area contributed by atoms with Crippen LogP contribution < -0.4 is 10.2 Å².